The second-order valence-electron chi connectivity index (χ2n) is 1.96. The van der Waals surface area contributed by atoms with Gasteiger partial charge in [-0.2, -0.15) is 10.5 Å². The minimum atomic E-state index is -0.563. The Kier molecular flexibility index (Phi) is 5.25. The van der Waals surface area contributed by atoms with Gasteiger partial charge in [0.2, 0.25) is 0 Å². The first-order valence-corrected chi connectivity index (χ1v) is 4.47. The number of nitrogens with zero attached hydrogens (tertiary/aromatic N) is 2. The van der Waals surface area contributed by atoms with Crippen LogP contribution in [-0.2, 0) is 0 Å². The van der Waals surface area contributed by atoms with E-state index in [1.165, 1.54) is 17.8 Å². The van der Waals surface area contributed by atoms with Gasteiger partial charge in [0.25, 0.3) is 0 Å². The summed E-state index contributed by atoms with van der Waals surface area (Å²) in [6.07, 6.45) is 1.27. The van der Waals surface area contributed by atoms with Crippen molar-refractivity contribution >= 4 is 11.8 Å². The van der Waals surface area contributed by atoms with Gasteiger partial charge >= 0.3 is 0 Å². The van der Waals surface area contributed by atoms with Gasteiger partial charge in [0.15, 0.2) is 5.88 Å². The van der Waals surface area contributed by atoms with Crippen LogP contribution in [0.5, 0.6) is 0 Å². The van der Waals surface area contributed by atoms with E-state index in [-0.39, 0.29) is 5.57 Å². The number of hydrogen-bond acceptors (Lipinski definition) is 5. The zero-order valence-electron chi connectivity index (χ0n) is 7.11. The average Bonchev–Trinajstić information content (AvgIpc) is 2.11. The van der Waals surface area contributed by atoms with Crippen LogP contribution in [0.4, 0.5) is 0 Å². The van der Waals surface area contributed by atoms with E-state index in [0.29, 0.717) is 4.91 Å². The summed E-state index contributed by atoms with van der Waals surface area (Å²) >= 11 is 1.29. The standard InChI is InChI=1S/C8H9N3OS/c1-2-13-7(5-10)3-6(4-9)8(11)12/h3,12H,2,11H2,1H3/b7-3-,8-6-. The Morgan fingerprint density at radius 3 is 2.46 bits per heavy atom. The molecule has 0 amide bonds. The molecule has 0 aromatic carbocycles. The van der Waals surface area contributed by atoms with Gasteiger partial charge in [-0.25, -0.2) is 0 Å². The number of hydrogen-bond donors (Lipinski definition) is 2. The van der Waals surface area contributed by atoms with E-state index in [0.717, 1.165) is 5.75 Å². The van der Waals surface area contributed by atoms with Gasteiger partial charge in [-0.1, -0.05) is 6.92 Å². The normalized spacial score (nSPS) is 12.7. The van der Waals surface area contributed by atoms with Crippen molar-refractivity contribution < 1.29 is 5.11 Å². The van der Waals surface area contributed by atoms with Crippen molar-refractivity contribution in [2.24, 2.45) is 5.73 Å². The van der Waals surface area contributed by atoms with E-state index in [4.69, 9.17) is 21.4 Å². The first-order chi connectivity index (χ1) is 6.15. The first kappa shape index (κ1) is 11.4. The lowest BCUT2D eigenvalue weighted by molar-refractivity contribution is 0.402. The summed E-state index contributed by atoms with van der Waals surface area (Å²) < 4.78 is 0. The third-order valence-corrected chi connectivity index (χ3v) is 1.89. The van der Waals surface area contributed by atoms with E-state index in [1.807, 2.05) is 13.0 Å². The van der Waals surface area contributed by atoms with Crippen LogP contribution in [0, 0.1) is 22.7 Å². The molecule has 0 aromatic rings. The molecule has 0 aliphatic carbocycles. The molecule has 0 saturated carbocycles. The van der Waals surface area contributed by atoms with Crippen molar-refractivity contribution in [3.05, 3.63) is 22.4 Å². The molecule has 0 atom stereocenters. The van der Waals surface area contributed by atoms with Gasteiger partial charge < -0.3 is 10.8 Å². The molecule has 5 heteroatoms. The molecule has 0 aliphatic heterocycles. The fraction of sp³-hybridized carbons (Fsp3) is 0.250. The van der Waals surface area contributed by atoms with E-state index >= 15 is 0 Å². The molecule has 0 heterocycles. The van der Waals surface area contributed by atoms with E-state index in [2.05, 4.69) is 0 Å². The van der Waals surface area contributed by atoms with Crippen molar-refractivity contribution in [1.82, 2.24) is 0 Å². The van der Waals surface area contributed by atoms with Crippen molar-refractivity contribution in [2.75, 3.05) is 5.75 Å². The Hall–Kier alpha value is -1.59. The maximum absolute atomic E-state index is 8.80. The molecule has 3 N–H and O–H groups in total. The largest absolute Gasteiger partial charge is 0.494 e. The molecule has 0 aliphatic rings. The van der Waals surface area contributed by atoms with Crippen molar-refractivity contribution in [2.45, 2.75) is 6.92 Å². The Morgan fingerprint density at radius 2 is 2.15 bits per heavy atom. The van der Waals surface area contributed by atoms with Crippen LogP contribution in [0.3, 0.4) is 0 Å². The van der Waals surface area contributed by atoms with Crippen LogP contribution in [0.1, 0.15) is 6.92 Å². The summed E-state index contributed by atoms with van der Waals surface area (Å²) in [4.78, 5) is 0.357. The summed E-state index contributed by atoms with van der Waals surface area (Å²) in [6.45, 7) is 1.88. The molecule has 0 bridgehead atoms. The molecule has 0 rings (SSSR count). The summed E-state index contributed by atoms with van der Waals surface area (Å²) in [6, 6.07) is 3.58. The number of aliphatic hydroxyl groups is 1. The molecule has 0 fully saturated rings. The fourth-order valence-electron chi connectivity index (χ4n) is 0.556. The lowest BCUT2D eigenvalue weighted by Crippen LogP contribution is -1.98. The SMILES string of the molecule is CCS/C(C#N)=C\C(C#N)=C(/N)O. The monoisotopic (exact) mass is 195 g/mol. The first-order valence-electron chi connectivity index (χ1n) is 3.49. The van der Waals surface area contributed by atoms with Gasteiger partial charge in [-0.3, -0.25) is 0 Å². The molecule has 0 saturated heterocycles. The molecule has 68 valence electrons. The van der Waals surface area contributed by atoms with Gasteiger partial charge in [-0.15, -0.1) is 11.8 Å². The third kappa shape index (κ3) is 4.09. The van der Waals surface area contributed by atoms with Gasteiger partial charge in [0, 0.05) is 0 Å². The summed E-state index contributed by atoms with van der Waals surface area (Å²) in [5, 5.41) is 25.9. The fourth-order valence-corrected chi connectivity index (χ4v) is 1.13. The Morgan fingerprint density at radius 1 is 1.54 bits per heavy atom. The highest BCUT2D eigenvalue weighted by Crippen LogP contribution is 2.16. The van der Waals surface area contributed by atoms with Crippen LogP contribution < -0.4 is 5.73 Å². The molecule has 0 unspecified atom stereocenters. The van der Waals surface area contributed by atoms with E-state index in [9.17, 15) is 0 Å². The van der Waals surface area contributed by atoms with Crippen molar-refractivity contribution in [3.8, 4) is 12.1 Å². The molecule has 0 aromatic heterocycles. The maximum atomic E-state index is 8.80. The van der Waals surface area contributed by atoms with Crippen LogP contribution in [-0.4, -0.2) is 10.9 Å². The van der Waals surface area contributed by atoms with Gasteiger partial charge in [0.1, 0.15) is 17.7 Å². The van der Waals surface area contributed by atoms with Gasteiger partial charge in [0.05, 0.1) is 4.91 Å². The van der Waals surface area contributed by atoms with E-state index in [1.54, 1.807) is 6.07 Å². The Balaban J connectivity index is 4.82. The van der Waals surface area contributed by atoms with Gasteiger partial charge in [-0.05, 0) is 11.8 Å². The summed E-state index contributed by atoms with van der Waals surface area (Å²) in [5.74, 6) is 0.163. The number of nitriles is 2. The quantitative estimate of drug-likeness (QED) is 0.403. The zero-order chi connectivity index (χ0) is 10.3. The molecular formula is C8H9N3OS. The topological polar surface area (TPSA) is 93.8 Å². The minimum absolute atomic E-state index is 0.0856. The smallest absolute Gasteiger partial charge is 0.199 e. The molecule has 0 radical (unpaired) electrons. The molecule has 13 heavy (non-hydrogen) atoms. The number of aliphatic hydroxyl groups excluding tert-OH is 1. The highest BCUT2D eigenvalue weighted by atomic mass is 32.2. The number of rotatable bonds is 3. The summed E-state index contributed by atoms with van der Waals surface area (Å²) in [7, 11) is 0. The third-order valence-electron chi connectivity index (χ3n) is 1.08. The zero-order valence-corrected chi connectivity index (χ0v) is 7.93. The number of thioether (sulfide) groups is 1. The molecule has 0 spiro atoms. The second-order valence-corrected chi connectivity index (χ2v) is 3.27. The number of nitrogens with two attached hydrogens (primary N) is 1. The highest BCUT2D eigenvalue weighted by molar-refractivity contribution is 8.03. The minimum Gasteiger partial charge on any atom is -0.494 e. The van der Waals surface area contributed by atoms with E-state index < -0.39 is 5.88 Å². The highest BCUT2D eigenvalue weighted by Gasteiger charge is 2.01. The predicted octanol–water partition coefficient (Wildman–Crippen LogP) is 1.40. The Bertz CT molecular complexity index is 315. The van der Waals surface area contributed by atoms with Crippen LogP contribution in [0.2, 0.25) is 0 Å². The summed E-state index contributed by atoms with van der Waals surface area (Å²) in [5.41, 5.74) is 4.91. The second kappa shape index (κ2) is 5.99. The predicted molar refractivity (Wildman–Crippen MR) is 51.3 cm³/mol. The molecule has 4 nitrogen and oxygen atoms in total. The lowest BCUT2D eigenvalue weighted by Gasteiger charge is -1.94. The van der Waals surface area contributed by atoms with Crippen molar-refractivity contribution in [3.63, 3.8) is 0 Å². The van der Waals surface area contributed by atoms with Crippen LogP contribution >= 0.6 is 11.8 Å². The lowest BCUT2D eigenvalue weighted by atomic mass is 10.3. The Labute approximate surface area is 81.0 Å². The van der Waals surface area contributed by atoms with Crippen LogP contribution in [0.15, 0.2) is 22.4 Å². The molecular weight excluding hydrogens is 186 g/mol. The average molecular weight is 195 g/mol. The van der Waals surface area contributed by atoms with Crippen molar-refractivity contribution in [1.29, 1.82) is 10.5 Å². The van der Waals surface area contributed by atoms with Crippen LogP contribution in [0.25, 0.3) is 0 Å². The maximum Gasteiger partial charge on any atom is 0.199 e. The number of allylic oxidation sites excluding steroid dienone is 3.